The Hall–Kier alpha value is -1.38. The molecule has 0 amide bonds. The Morgan fingerprint density at radius 2 is 1.26 bits per heavy atom. The van der Waals surface area contributed by atoms with E-state index in [1.54, 1.807) is 0 Å². The van der Waals surface area contributed by atoms with Crippen molar-refractivity contribution in [3.05, 3.63) is 54.9 Å². The zero-order valence-electron chi connectivity index (χ0n) is 17.9. The number of hydrogen-bond donors (Lipinski definition) is 0. The molecular formula is C24H39ClN2+2. The predicted molar refractivity (Wildman–Crippen MR) is 121 cm³/mol. The summed E-state index contributed by atoms with van der Waals surface area (Å²) in [5.74, 6) is 0. The number of halogens is 1. The minimum atomic E-state index is 0. The minimum absolute atomic E-state index is 0. The lowest BCUT2D eigenvalue weighted by Gasteiger charge is -2.37. The van der Waals surface area contributed by atoms with Gasteiger partial charge in [0, 0.05) is 5.41 Å². The van der Waals surface area contributed by atoms with Crippen molar-refractivity contribution in [2.45, 2.75) is 66.8 Å². The van der Waals surface area contributed by atoms with Gasteiger partial charge in [-0.1, -0.05) is 65.7 Å². The Balaban J connectivity index is 0.00000364. The molecule has 2 aromatic rings. The quantitative estimate of drug-likeness (QED) is 0.332. The fourth-order valence-corrected chi connectivity index (χ4v) is 3.73. The Labute approximate surface area is 173 Å². The normalized spacial score (nSPS) is 11.9. The number of nitrogens with zero attached hydrogens (tertiary/aromatic N) is 2. The fourth-order valence-electron chi connectivity index (χ4n) is 3.73. The van der Waals surface area contributed by atoms with E-state index in [1.807, 2.05) is 0 Å². The lowest BCUT2D eigenvalue weighted by atomic mass is 9.97. The molecule has 0 saturated carbocycles. The molecule has 0 aliphatic carbocycles. The average Bonchev–Trinajstić information content (AvgIpc) is 2.62. The van der Waals surface area contributed by atoms with E-state index in [1.165, 1.54) is 50.1 Å². The SMILES string of the molecule is CCCC[N+](CCCC)(c1ccccc1)c1cc[n+](CC(C)(C)C)cc1.Cl. The maximum Gasteiger partial charge on any atom is 0.174 e. The number of hydrogen-bond acceptors (Lipinski definition) is 0. The summed E-state index contributed by atoms with van der Waals surface area (Å²) in [7, 11) is 0. The summed E-state index contributed by atoms with van der Waals surface area (Å²) in [4.78, 5) is 0. The molecule has 0 aliphatic rings. The fraction of sp³-hybridized carbons (Fsp3) is 0.542. The molecule has 0 unspecified atom stereocenters. The molecule has 2 rings (SSSR count). The summed E-state index contributed by atoms with van der Waals surface area (Å²) in [6.07, 6.45) is 9.50. The maximum atomic E-state index is 2.35. The van der Waals surface area contributed by atoms with Crippen LogP contribution in [0.2, 0.25) is 0 Å². The van der Waals surface area contributed by atoms with Gasteiger partial charge in [-0.05, 0) is 25.0 Å². The second-order valence-corrected chi connectivity index (χ2v) is 8.75. The van der Waals surface area contributed by atoms with Gasteiger partial charge in [-0.3, -0.25) is 4.48 Å². The monoisotopic (exact) mass is 390 g/mol. The van der Waals surface area contributed by atoms with Crippen LogP contribution in [-0.4, -0.2) is 13.1 Å². The highest BCUT2D eigenvalue weighted by atomic mass is 35.5. The van der Waals surface area contributed by atoms with Crippen LogP contribution in [0.25, 0.3) is 0 Å². The summed E-state index contributed by atoms with van der Waals surface area (Å²) >= 11 is 0. The van der Waals surface area contributed by atoms with Gasteiger partial charge in [0.25, 0.3) is 0 Å². The van der Waals surface area contributed by atoms with Crippen LogP contribution in [0.3, 0.4) is 0 Å². The number of aromatic nitrogens is 1. The van der Waals surface area contributed by atoms with Gasteiger partial charge in [0.2, 0.25) is 0 Å². The standard InChI is InChI=1S/C24H38N2.ClH/c1-6-8-19-26(20-9-7-2,22-13-11-10-12-14-22)23-15-17-25(18-16-23)21-24(3,4)5;/h10-18H,6-9,19-21H2,1-5H3;1H/q+2;. The Morgan fingerprint density at radius 3 is 1.70 bits per heavy atom. The third-order valence-electron chi connectivity index (χ3n) is 5.06. The first-order valence-corrected chi connectivity index (χ1v) is 10.3. The lowest BCUT2D eigenvalue weighted by molar-refractivity contribution is -0.708. The maximum absolute atomic E-state index is 2.35. The van der Waals surface area contributed by atoms with E-state index >= 15 is 0 Å². The van der Waals surface area contributed by atoms with Gasteiger partial charge in [0.1, 0.15) is 11.4 Å². The van der Waals surface area contributed by atoms with Crippen molar-refractivity contribution < 1.29 is 4.57 Å². The number of para-hydroxylation sites is 1. The van der Waals surface area contributed by atoms with Crippen LogP contribution < -0.4 is 9.05 Å². The largest absolute Gasteiger partial charge is 0.258 e. The number of benzene rings is 1. The highest BCUT2D eigenvalue weighted by molar-refractivity contribution is 5.85. The van der Waals surface area contributed by atoms with Crippen LogP contribution in [0.1, 0.15) is 60.3 Å². The van der Waals surface area contributed by atoms with Crippen molar-refractivity contribution in [2.24, 2.45) is 5.41 Å². The van der Waals surface area contributed by atoms with Gasteiger partial charge in [0.15, 0.2) is 18.9 Å². The molecule has 0 radical (unpaired) electrons. The van der Waals surface area contributed by atoms with E-state index in [-0.39, 0.29) is 12.4 Å². The van der Waals surface area contributed by atoms with Gasteiger partial charge in [-0.25, -0.2) is 4.57 Å². The summed E-state index contributed by atoms with van der Waals surface area (Å²) in [5, 5.41) is 0. The Morgan fingerprint density at radius 1 is 0.778 bits per heavy atom. The van der Waals surface area contributed by atoms with Gasteiger partial charge in [-0.2, -0.15) is 0 Å². The van der Waals surface area contributed by atoms with Crippen LogP contribution in [0.5, 0.6) is 0 Å². The van der Waals surface area contributed by atoms with Gasteiger partial charge in [0.05, 0.1) is 25.2 Å². The van der Waals surface area contributed by atoms with Crippen molar-refractivity contribution in [3.8, 4) is 0 Å². The van der Waals surface area contributed by atoms with Crippen LogP contribution in [-0.2, 0) is 6.54 Å². The summed E-state index contributed by atoms with van der Waals surface area (Å²) in [6.45, 7) is 14.8. The Kier molecular flexibility index (Phi) is 9.49. The zero-order chi connectivity index (χ0) is 19.0. The van der Waals surface area contributed by atoms with Crippen molar-refractivity contribution >= 4 is 23.8 Å². The number of quaternary nitrogens is 1. The number of unbranched alkanes of at least 4 members (excludes halogenated alkanes) is 2. The first-order valence-electron chi connectivity index (χ1n) is 10.3. The molecule has 1 heterocycles. The molecule has 0 fully saturated rings. The summed E-state index contributed by atoms with van der Waals surface area (Å²) < 4.78 is 3.29. The molecule has 0 N–H and O–H groups in total. The summed E-state index contributed by atoms with van der Waals surface area (Å²) in [5.41, 5.74) is 3.13. The van der Waals surface area contributed by atoms with E-state index in [2.05, 4.69) is 94.0 Å². The smallest absolute Gasteiger partial charge is 0.174 e. The van der Waals surface area contributed by atoms with Crippen LogP contribution in [0, 0.1) is 5.41 Å². The molecule has 0 atom stereocenters. The highest BCUT2D eigenvalue weighted by Gasteiger charge is 2.33. The van der Waals surface area contributed by atoms with Crippen LogP contribution in [0.4, 0.5) is 11.4 Å². The Bertz CT molecular complexity index is 636. The van der Waals surface area contributed by atoms with E-state index in [0.29, 0.717) is 5.41 Å². The third kappa shape index (κ3) is 6.62. The molecular weight excluding hydrogens is 352 g/mol. The van der Waals surface area contributed by atoms with Crippen molar-refractivity contribution in [1.82, 2.24) is 4.48 Å². The van der Waals surface area contributed by atoms with Crippen molar-refractivity contribution in [2.75, 3.05) is 13.1 Å². The van der Waals surface area contributed by atoms with E-state index in [4.69, 9.17) is 0 Å². The van der Waals surface area contributed by atoms with Gasteiger partial charge < -0.3 is 0 Å². The molecule has 1 aromatic carbocycles. The van der Waals surface area contributed by atoms with E-state index in [0.717, 1.165) is 11.0 Å². The second-order valence-electron chi connectivity index (χ2n) is 8.75. The van der Waals surface area contributed by atoms with Crippen LogP contribution in [0.15, 0.2) is 54.9 Å². The molecule has 150 valence electrons. The third-order valence-corrected chi connectivity index (χ3v) is 5.06. The van der Waals surface area contributed by atoms with Crippen molar-refractivity contribution in [1.29, 1.82) is 0 Å². The minimum Gasteiger partial charge on any atom is -0.258 e. The number of pyridine rings is 1. The highest BCUT2D eigenvalue weighted by Crippen LogP contribution is 2.35. The average molecular weight is 391 g/mol. The van der Waals surface area contributed by atoms with Crippen LogP contribution >= 0.6 is 12.4 Å². The van der Waals surface area contributed by atoms with Gasteiger partial charge in [-0.15, -0.1) is 12.4 Å². The van der Waals surface area contributed by atoms with E-state index in [9.17, 15) is 0 Å². The molecule has 0 saturated heterocycles. The topological polar surface area (TPSA) is 3.88 Å². The summed E-state index contributed by atoms with van der Waals surface area (Å²) in [6, 6.07) is 15.8. The lowest BCUT2D eigenvalue weighted by Crippen LogP contribution is -2.47. The number of rotatable bonds is 9. The predicted octanol–water partition coefficient (Wildman–Crippen LogP) is 6.68. The first-order chi connectivity index (χ1) is 12.4. The van der Waals surface area contributed by atoms with E-state index < -0.39 is 0 Å². The first kappa shape index (κ1) is 23.7. The molecule has 27 heavy (non-hydrogen) atoms. The second kappa shape index (κ2) is 10.8. The molecule has 2 nitrogen and oxygen atoms in total. The molecule has 0 aliphatic heterocycles. The van der Waals surface area contributed by atoms with Gasteiger partial charge >= 0.3 is 0 Å². The molecule has 0 bridgehead atoms. The van der Waals surface area contributed by atoms with Crippen molar-refractivity contribution in [3.63, 3.8) is 0 Å². The molecule has 0 spiro atoms. The zero-order valence-corrected chi connectivity index (χ0v) is 18.8. The molecule has 3 heteroatoms. The molecule has 1 aromatic heterocycles.